The predicted molar refractivity (Wildman–Crippen MR) is 112 cm³/mol. The van der Waals surface area contributed by atoms with E-state index in [2.05, 4.69) is 25.7 Å². The number of anilines is 1. The Morgan fingerprint density at radius 2 is 1.79 bits per heavy atom. The standard InChI is InChI=1S/C21H26N6O2/c1-14-5-7-18(8-6-14)29-13-21(28)23-10-9-22-19-12-20(25-17(4)24-19)27-16(3)11-15(2)26-27/h5-8,11-12H,9-10,13H2,1-4H3,(H,23,28)(H,22,24,25). The van der Waals surface area contributed by atoms with Crippen LogP contribution < -0.4 is 15.4 Å². The molecule has 152 valence electrons. The van der Waals surface area contributed by atoms with Crippen LogP contribution in [0.25, 0.3) is 5.82 Å². The second-order valence-corrected chi connectivity index (χ2v) is 6.88. The second-order valence-electron chi connectivity index (χ2n) is 6.88. The number of aromatic nitrogens is 4. The Hall–Kier alpha value is -3.42. The van der Waals surface area contributed by atoms with E-state index in [9.17, 15) is 4.79 Å². The number of rotatable bonds is 8. The fraction of sp³-hybridized carbons (Fsp3) is 0.333. The molecule has 0 aliphatic carbocycles. The minimum absolute atomic E-state index is 0.0161. The van der Waals surface area contributed by atoms with Crippen LogP contribution in [0.1, 0.15) is 22.8 Å². The van der Waals surface area contributed by atoms with Gasteiger partial charge in [-0.3, -0.25) is 4.79 Å². The molecule has 0 bridgehead atoms. The number of benzene rings is 1. The van der Waals surface area contributed by atoms with E-state index in [1.54, 1.807) is 4.68 Å². The number of nitrogens with one attached hydrogen (secondary N) is 2. The van der Waals surface area contributed by atoms with E-state index in [0.717, 1.165) is 17.0 Å². The molecule has 0 unspecified atom stereocenters. The summed E-state index contributed by atoms with van der Waals surface area (Å²) in [5.41, 5.74) is 3.09. The first-order chi connectivity index (χ1) is 13.9. The third-order valence-corrected chi connectivity index (χ3v) is 4.20. The minimum atomic E-state index is -0.172. The van der Waals surface area contributed by atoms with Crippen molar-refractivity contribution in [1.29, 1.82) is 0 Å². The summed E-state index contributed by atoms with van der Waals surface area (Å²) in [4.78, 5) is 20.8. The van der Waals surface area contributed by atoms with Crippen molar-refractivity contribution >= 4 is 11.7 Å². The van der Waals surface area contributed by atoms with Gasteiger partial charge in [0.2, 0.25) is 0 Å². The first-order valence-corrected chi connectivity index (χ1v) is 9.50. The molecule has 3 aromatic rings. The van der Waals surface area contributed by atoms with E-state index < -0.39 is 0 Å². The van der Waals surface area contributed by atoms with Crippen LogP contribution in [-0.2, 0) is 4.79 Å². The first kappa shape index (κ1) is 20.3. The molecule has 0 saturated heterocycles. The van der Waals surface area contributed by atoms with Crippen molar-refractivity contribution in [3.05, 3.63) is 59.2 Å². The van der Waals surface area contributed by atoms with Gasteiger partial charge in [0, 0.05) is 24.8 Å². The maximum absolute atomic E-state index is 11.9. The Morgan fingerprint density at radius 3 is 2.48 bits per heavy atom. The molecule has 1 amide bonds. The van der Waals surface area contributed by atoms with E-state index in [-0.39, 0.29) is 12.5 Å². The summed E-state index contributed by atoms with van der Waals surface area (Å²) in [6, 6.07) is 11.4. The molecular weight excluding hydrogens is 368 g/mol. The van der Waals surface area contributed by atoms with Crippen molar-refractivity contribution in [1.82, 2.24) is 25.1 Å². The highest BCUT2D eigenvalue weighted by Crippen LogP contribution is 2.14. The van der Waals surface area contributed by atoms with Crippen molar-refractivity contribution in [3.8, 4) is 11.6 Å². The van der Waals surface area contributed by atoms with Gasteiger partial charge in [-0.1, -0.05) is 17.7 Å². The monoisotopic (exact) mass is 394 g/mol. The molecular formula is C21H26N6O2. The fourth-order valence-corrected chi connectivity index (χ4v) is 2.84. The van der Waals surface area contributed by atoms with Gasteiger partial charge in [-0.25, -0.2) is 14.6 Å². The van der Waals surface area contributed by atoms with Gasteiger partial charge in [-0.05, 0) is 45.9 Å². The van der Waals surface area contributed by atoms with Crippen molar-refractivity contribution < 1.29 is 9.53 Å². The van der Waals surface area contributed by atoms with E-state index in [4.69, 9.17) is 4.74 Å². The Kier molecular flexibility index (Phi) is 6.43. The van der Waals surface area contributed by atoms with Gasteiger partial charge in [-0.15, -0.1) is 0 Å². The summed E-state index contributed by atoms with van der Waals surface area (Å²) in [5.74, 6) is 2.55. The molecule has 0 saturated carbocycles. The summed E-state index contributed by atoms with van der Waals surface area (Å²) in [7, 11) is 0. The molecule has 0 radical (unpaired) electrons. The first-order valence-electron chi connectivity index (χ1n) is 9.50. The zero-order valence-corrected chi connectivity index (χ0v) is 17.2. The number of carbonyl (C=O) groups is 1. The molecule has 2 heterocycles. The average Bonchev–Trinajstić information content (AvgIpc) is 3.02. The molecule has 0 aliphatic heterocycles. The maximum atomic E-state index is 11.9. The van der Waals surface area contributed by atoms with Crippen LogP contribution in [0.2, 0.25) is 0 Å². The van der Waals surface area contributed by atoms with Crippen LogP contribution in [0.15, 0.2) is 36.4 Å². The summed E-state index contributed by atoms with van der Waals surface area (Å²) < 4.78 is 7.26. The smallest absolute Gasteiger partial charge is 0.258 e. The van der Waals surface area contributed by atoms with Crippen LogP contribution in [-0.4, -0.2) is 45.4 Å². The van der Waals surface area contributed by atoms with Crippen molar-refractivity contribution in [2.75, 3.05) is 25.0 Å². The van der Waals surface area contributed by atoms with Crippen molar-refractivity contribution in [2.24, 2.45) is 0 Å². The van der Waals surface area contributed by atoms with Crippen LogP contribution in [0, 0.1) is 27.7 Å². The molecule has 0 spiro atoms. The van der Waals surface area contributed by atoms with Gasteiger partial charge in [-0.2, -0.15) is 5.10 Å². The van der Waals surface area contributed by atoms with E-state index in [0.29, 0.717) is 36.3 Å². The normalized spacial score (nSPS) is 10.6. The molecule has 1 aromatic carbocycles. The van der Waals surface area contributed by atoms with Crippen LogP contribution in [0.3, 0.4) is 0 Å². The van der Waals surface area contributed by atoms with Crippen LogP contribution in [0.4, 0.5) is 5.82 Å². The number of ether oxygens (including phenoxy) is 1. The predicted octanol–water partition coefficient (Wildman–Crippen LogP) is 2.50. The number of nitrogens with zero attached hydrogens (tertiary/aromatic N) is 4. The zero-order chi connectivity index (χ0) is 20.8. The molecule has 29 heavy (non-hydrogen) atoms. The van der Waals surface area contributed by atoms with Gasteiger partial charge in [0.25, 0.3) is 5.91 Å². The maximum Gasteiger partial charge on any atom is 0.258 e. The lowest BCUT2D eigenvalue weighted by Gasteiger charge is -2.11. The lowest BCUT2D eigenvalue weighted by atomic mass is 10.2. The number of amides is 1. The Balaban J connectivity index is 1.47. The summed E-state index contributed by atoms with van der Waals surface area (Å²) >= 11 is 0. The highest BCUT2D eigenvalue weighted by Gasteiger charge is 2.08. The van der Waals surface area contributed by atoms with Crippen LogP contribution >= 0.6 is 0 Å². The Labute approximate surface area is 170 Å². The fourth-order valence-electron chi connectivity index (χ4n) is 2.84. The van der Waals surface area contributed by atoms with Gasteiger partial charge in [0.15, 0.2) is 12.4 Å². The Morgan fingerprint density at radius 1 is 1.03 bits per heavy atom. The number of hydrogen-bond donors (Lipinski definition) is 2. The quantitative estimate of drug-likeness (QED) is 0.570. The third-order valence-electron chi connectivity index (χ3n) is 4.20. The lowest BCUT2D eigenvalue weighted by Crippen LogP contribution is -2.32. The highest BCUT2D eigenvalue weighted by atomic mass is 16.5. The van der Waals surface area contributed by atoms with Gasteiger partial charge in [0.1, 0.15) is 17.4 Å². The molecule has 2 aromatic heterocycles. The van der Waals surface area contributed by atoms with E-state index in [1.165, 1.54) is 0 Å². The average molecular weight is 394 g/mol. The number of aryl methyl sites for hydroxylation is 4. The van der Waals surface area contributed by atoms with Crippen LogP contribution in [0.5, 0.6) is 5.75 Å². The molecule has 0 atom stereocenters. The van der Waals surface area contributed by atoms with Gasteiger partial charge < -0.3 is 15.4 Å². The Bertz CT molecular complexity index is 981. The number of carbonyl (C=O) groups excluding carboxylic acids is 1. The second kappa shape index (κ2) is 9.18. The summed E-state index contributed by atoms with van der Waals surface area (Å²) in [6.45, 7) is 8.74. The van der Waals surface area contributed by atoms with Gasteiger partial charge in [0.05, 0.1) is 5.69 Å². The van der Waals surface area contributed by atoms with E-state index >= 15 is 0 Å². The molecule has 8 heteroatoms. The largest absolute Gasteiger partial charge is 0.484 e. The highest BCUT2D eigenvalue weighted by molar-refractivity contribution is 5.77. The molecule has 0 aliphatic rings. The van der Waals surface area contributed by atoms with E-state index in [1.807, 2.05) is 64.1 Å². The zero-order valence-electron chi connectivity index (χ0n) is 17.2. The molecule has 8 nitrogen and oxygen atoms in total. The summed E-state index contributed by atoms with van der Waals surface area (Å²) in [6.07, 6.45) is 0. The molecule has 2 N–H and O–H groups in total. The topological polar surface area (TPSA) is 94.0 Å². The lowest BCUT2D eigenvalue weighted by molar-refractivity contribution is -0.123. The SMILES string of the molecule is Cc1ccc(OCC(=O)NCCNc2cc(-n3nc(C)cc3C)nc(C)n2)cc1. The summed E-state index contributed by atoms with van der Waals surface area (Å²) in [5, 5.41) is 10.5. The van der Waals surface area contributed by atoms with Gasteiger partial charge >= 0.3 is 0 Å². The minimum Gasteiger partial charge on any atom is -0.484 e. The molecule has 0 fully saturated rings. The molecule has 3 rings (SSSR count). The number of hydrogen-bond acceptors (Lipinski definition) is 6. The van der Waals surface area contributed by atoms with Crippen molar-refractivity contribution in [3.63, 3.8) is 0 Å². The third kappa shape index (κ3) is 5.78. The van der Waals surface area contributed by atoms with Crippen molar-refractivity contribution in [2.45, 2.75) is 27.7 Å².